The molecular formula is C23H29N3O3. The topological polar surface area (TPSA) is 65.6 Å². The Morgan fingerprint density at radius 1 is 1.10 bits per heavy atom. The Bertz CT molecular complexity index is 935. The molecule has 0 bridgehead atoms. The van der Waals surface area contributed by atoms with Crippen LogP contribution in [0.15, 0.2) is 41.2 Å². The van der Waals surface area contributed by atoms with Crippen molar-refractivity contribution in [2.24, 2.45) is 5.92 Å². The Labute approximate surface area is 171 Å². The lowest BCUT2D eigenvalue weighted by molar-refractivity contribution is 0.0741. The molecule has 2 fully saturated rings. The third kappa shape index (κ3) is 4.08. The van der Waals surface area contributed by atoms with Crippen molar-refractivity contribution in [2.45, 2.75) is 32.2 Å². The van der Waals surface area contributed by atoms with E-state index in [0.717, 1.165) is 18.7 Å². The zero-order valence-electron chi connectivity index (χ0n) is 17.2. The van der Waals surface area contributed by atoms with E-state index in [-0.39, 0.29) is 17.0 Å². The number of para-hydroxylation sites is 1. The molecule has 1 aliphatic carbocycles. The summed E-state index contributed by atoms with van der Waals surface area (Å²) in [7, 11) is 1.60. The molecule has 1 unspecified atom stereocenters. The van der Waals surface area contributed by atoms with Crippen LogP contribution >= 0.6 is 0 Å². The smallest absolute Gasteiger partial charge is 0.261 e. The number of aromatic amines is 1. The van der Waals surface area contributed by atoms with E-state index in [0.29, 0.717) is 36.5 Å². The lowest BCUT2D eigenvalue weighted by atomic mass is 9.91. The predicted octanol–water partition coefficient (Wildman–Crippen LogP) is 3.00. The summed E-state index contributed by atoms with van der Waals surface area (Å²) in [6, 6.07) is 11.6. The highest BCUT2D eigenvalue weighted by molar-refractivity contribution is 5.94. The van der Waals surface area contributed by atoms with Gasteiger partial charge in [-0.05, 0) is 43.0 Å². The Hall–Kier alpha value is -2.60. The minimum absolute atomic E-state index is 0.180. The molecule has 154 valence electrons. The second-order valence-electron chi connectivity index (χ2n) is 8.25. The highest BCUT2D eigenvalue weighted by Crippen LogP contribution is 2.28. The summed E-state index contributed by atoms with van der Waals surface area (Å²) in [5.41, 5.74) is 1.29. The molecule has 1 aromatic carbocycles. The standard InChI is InChI=1S/C23H29N3O3/c1-16-14-25(17-6-5-7-17)12-13-26(15-16)23(28)19-10-11-20(24-22(19)27)18-8-3-4-9-21(18)29-2/h3-4,8-11,16-17H,5-7,12-15H2,1-2H3,(H,24,27). The molecule has 6 heteroatoms. The highest BCUT2D eigenvalue weighted by atomic mass is 16.5. The fraction of sp³-hybridized carbons (Fsp3) is 0.478. The monoisotopic (exact) mass is 395 g/mol. The van der Waals surface area contributed by atoms with Gasteiger partial charge in [0, 0.05) is 37.8 Å². The van der Waals surface area contributed by atoms with Gasteiger partial charge < -0.3 is 14.6 Å². The first kappa shape index (κ1) is 19.7. The number of carbonyl (C=O) groups excluding carboxylic acids is 1. The normalized spacial score (nSPS) is 20.8. The van der Waals surface area contributed by atoms with E-state index in [4.69, 9.17) is 4.74 Å². The van der Waals surface area contributed by atoms with Crippen LogP contribution in [0.2, 0.25) is 0 Å². The molecule has 2 aromatic rings. The summed E-state index contributed by atoms with van der Waals surface area (Å²) in [5.74, 6) is 0.897. The Kier molecular flexibility index (Phi) is 5.72. The van der Waals surface area contributed by atoms with E-state index in [1.807, 2.05) is 29.2 Å². The summed E-state index contributed by atoms with van der Waals surface area (Å²) in [5, 5.41) is 0. The van der Waals surface area contributed by atoms with Crippen molar-refractivity contribution in [3.05, 3.63) is 52.3 Å². The van der Waals surface area contributed by atoms with Gasteiger partial charge in [-0.1, -0.05) is 25.5 Å². The second kappa shape index (κ2) is 8.41. The summed E-state index contributed by atoms with van der Waals surface area (Å²) in [6.07, 6.45) is 3.85. The largest absolute Gasteiger partial charge is 0.496 e. The lowest BCUT2D eigenvalue weighted by Gasteiger charge is -2.37. The van der Waals surface area contributed by atoms with E-state index < -0.39 is 0 Å². The van der Waals surface area contributed by atoms with Gasteiger partial charge in [0.1, 0.15) is 11.3 Å². The molecule has 1 saturated carbocycles. The quantitative estimate of drug-likeness (QED) is 0.864. The number of H-pyrrole nitrogens is 1. The molecular weight excluding hydrogens is 366 g/mol. The van der Waals surface area contributed by atoms with Crippen molar-refractivity contribution in [2.75, 3.05) is 33.3 Å². The first-order valence-electron chi connectivity index (χ1n) is 10.5. The van der Waals surface area contributed by atoms with Crippen LogP contribution in [0.1, 0.15) is 36.5 Å². The average molecular weight is 396 g/mol. The van der Waals surface area contributed by atoms with Gasteiger partial charge in [-0.15, -0.1) is 0 Å². The molecule has 0 spiro atoms. The van der Waals surface area contributed by atoms with Crippen molar-refractivity contribution in [3.63, 3.8) is 0 Å². The van der Waals surface area contributed by atoms with E-state index in [9.17, 15) is 9.59 Å². The van der Waals surface area contributed by atoms with Gasteiger partial charge >= 0.3 is 0 Å². The van der Waals surface area contributed by atoms with E-state index >= 15 is 0 Å². The Morgan fingerprint density at radius 3 is 2.59 bits per heavy atom. The molecule has 2 heterocycles. The molecule has 2 aliphatic rings. The number of benzene rings is 1. The minimum atomic E-state index is -0.355. The minimum Gasteiger partial charge on any atom is -0.496 e. The van der Waals surface area contributed by atoms with Gasteiger partial charge in [0.25, 0.3) is 11.5 Å². The van der Waals surface area contributed by atoms with Gasteiger partial charge in [-0.3, -0.25) is 14.5 Å². The molecule has 4 rings (SSSR count). The Balaban J connectivity index is 1.53. The molecule has 1 aliphatic heterocycles. The predicted molar refractivity (Wildman–Crippen MR) is 113 cm³/mol. The van der Waals surface area contributed by atoms with Crippen LogP contribution < -0.4 is 10.3 Å². The van der Waals surface area contributed by atoms with Gasteiger partial charge in [-0.2, -0.15) is 0 Å². The summed E-state index contributed by atoms with van der Waals surface area (Å²) < 4.78 is 5.38. The molecule has 6 nitrogen and oxygen atoms in total. The van der Waals surface area contributed by atoms with Gasteiger partial charge in [0.05, 0.1) is 12.8 Å². The number of nitrogens with one attached hydrogen (secondary N) is 1. The number of hydrogen-bond acceptors (Lipinski definition) is 4. The number of nitrogens with zero attached hydrogens (tertiary/aromatic N) is 2. The number of methoxy groups -OCH3 is 1. The van der Waals surface area contributed by atoms with Crippen molar-refractivity contribution in [1.29, 1.82) is 0 Å². The molecule has 1 aromatic heterocycles. The van der Waals surface area contributed by atoms with Gasteiger partial charge in [0.2, 0.25) is 0 Å². The first-order chi connectivity index (χ1) is 14.1. The van der Waals surface area contributed by atoms with Crippen LogP contribution in [0.25, 0.3) is 11.3 Å². The summed E-state index contributed by atoms with van der Waals surface area (Å²) in [4.78, 5) is 33.1. The van der Waals surface area contributed by atoms with E-state index in [1.165, 1.54) is 19.3 Å². The maximum absolute atomic E-state index is 13.1. The lowest BCUT2D eigenvalue weighted by Crippen LogP contribution is -2.43. The first-order valence-corrected chi connectivity index (χ1v) is 10.5. The van der Waals surface area contributed by atoms with Crippen LogP contribution in [-0.4, -0.2) is 60.0 Å². The van der Waals surface area contributed by atoms with Crippen molar-refractivity contribution < 1.29 is 9.53 Å². The van der Waals surface area contributed by atoms with Crippen LogP contribution in [0.5, 0.6) is 5.75 Å². The molecule has 1 atom stereocenters. The maximum atomic E-state index is 13.1. The van der Waals surface area contributed by atoms with Crippen molar-refractivity contribution >= 4 is 5.91 Å². The number of aromatic nitrogens is 1. The number of hydrogen-bond donors (Lipinski definition) is 1. The average Bonchev–Trinajstić information content (AvgIpc) is 2.87. The van der Waals surface area contributed by atoms with Crippen LogP contribution in [0.4, 0.5) is 0 Å². The Morgan fingerprint density at radius 2 is 1.90 bits per heavy atom. The van der Waals surface area contributed by atoms with Crippen LogP contribution in [0, 0.1) is 5.92 Å². The number of ether oxygens (including phenoxy) is 1. The molecule has 1 N–H and O–H groups in total. The number of rotatable bonds is 4. The second-order valence-corrected chi connectivity index (χ2v) is 8.25. The van der Waals surface area contributed by atoms with Crippen LogP contribution in [0.3, 0.4) is 0 Å². The van der Waals surface area contributed by atoms with Gasteiger partial charge in [0.15, 0.2) is 0 Å². The van der Waals surface area contributed by atoms with E-state index in [2.05, 4.69) is 16.8 Å². The highest BCUT2D eigenvalue weighted by Gasteiger charge is 2.31. The van der Waals surface area contributed by atoms with Crippen molar-refractivity contribution in [1.82, 2.24) is 14.8 Å². The SMILES string of the molecule is COc1ccccc1-c1ccc(C(=O)N2CCN(C3CCC3)CC(C)C2)c(=O)[nH]1. The zero-order valence-corrected chi connectivity index (χ0v) is 17.2. The van der Waals surface area contributed by atoms with Gasteiger partial charge in [-0.25, -0.2) is 0 Å². The summed E-state index contributed by atoms with van der Waals surface area (Å²) >= 11 is 0. The fourth-order valence-corrected chi connectivity index (χ4v) is 4.37. The van der Waals surface area contributed by atoms with Crippen LogP contribution in [-0.2, 0) is 0 Å². The fourth-order valence-electron chi connectivity index (χ4n) is 4.37. The number of pyridine rings is 1. The molecule has 0 radical (unpaired) electrons. The third-order valence-electron chi connectivity index (χ3n) is 6.15. The van der Waals surface area contributed by atoms with E-state index in [1.54, 1.807) is 19.2 Å². The maximum Gasteiger partial charge on any atom is 0.261 e. The van der Waals surface area contributed by atoms with Crippen molar-refractivity contribution in [3.8, 4) is 17.0 Å². The zero-order chi connectivity index (χ0) is 20.4. The molecule has 1 saturated heterocycles. The summed E-state index contributed by atoms with van der Waals surface area (Å²) in [6.45, 7) is 5.46. The molecule has 1 amide bonds. The third-order valence-corrected chi connectivity index (χ3v) is 6.15. The molecule has 29 heavy (non-hydrogen) atoms. The number of amides is 1. The number of carbonyl (C=O) groups is 1.